The Morgan fingerprint density at radius 3 is 1.91 bits per heavy atom. The Morgan fingerprint density at radius 2 is 1.39 bits per heavy atom. The van der Waals surface area contributed by atoms with Crippen molar-refractivity contribution >= 4 is 22.7 Å². The van der Waals surface area contributed by atoms with Crippen LogP contribution in [0.1, 0.15) is 22.8 Å². The highest BCUT2D eigenvalue weighted by molar-refractivity contribution is 6.08. The summed E-state index contributed by atoms with van der Waals surface area (Å²) in [6.45, 7) is 1.65. The van der Waals surface area contributed by atoms with Gasteiger partial charge < -0.3 is 0 Å². The zero-order chi connectivity index (χ0) is 17.0. The van der Waals surface area contributed by atoms with Crippen LogP contribution in [0, 0.1) is 20.2 Å². The first-order chi connectivity index (χ1) is 10.9. The number of carbonyl (C=O) groups is 1. The Morgan fingerprint density at radius 1 is 0.913 bits per heavy atom. The Kier molecular flexibility index (Phi) is 4.61. The first-order valence-corrected chi connectivity index (χ1v) is 6.60. The molecule has 0 heterocycles. The first kappa shape index (κ1) is 16.0. The molecule has 0 atom stereocenters. The molecule has 0 N–H and O–H groups in total. The molecule has 0 radical (unpaired) electrons. The standard InChI is InChI=1S/C16H12N2O5/c1-11(12-4-2-6-14(9-12)17(20)21)8-16(19)13-5-3-7-15(10-13)18(22)23/h2-10H,1H3. The van der Waals surface area contributed by atoms with Gasteiger partial charge in [0.1, 0.15) is 0 Å². The van der Waals surface area contributed by atoms with Crippen LogP contribution >= 0.6 is 0 Å². The zero-order valence-electron chi connectivity index (χ0n) is 12.1. The summed E-state index contributed by atoms with van der Waals surface area (Å²) < 4.78 is 0. The maximum Gasteiger partial charge on any atom is 0.270 e. The number of nitro benzene ring substituents is 2. The Hall–Kier alpha value is -3.35. The lowest BCUT2D eigenvalue weighted by atomic mass is 10.0. The van der Waals surface area contributed by atoms with Crippen molar-refractivity contribution in [1.29, 1.82) is 0 Å². The quantitative estimate of drug-likeness (QED) is 0.361. The number of nitrogens with zero attached hydrogens (tertiary/aromatic N) is 2. The van der Waals surface area contributed by atoms with E-state index in [1.165, 1.54) is 48.5 Å². The molecule has 0 saturated carbocycles. The molecule has 0 aliphatic rings. The molecule has 2 rings (SSSR count). The van der Waals surface area contributed by atoms with E-state index in [1.807, 2.05) is 0 Å². The van der Waals surface area contributed by atoms with Crippen molar-refractivity contribution in [3.05, 3.63) is 86.0 Å². The number of rotatable bonds is 5. The normalized spacial score (nSPS) is 11.1. The van der Waals surface area contributed by atoms with Crippen LogP contribution in [0.3, 0.4) is 0 Å². The van der Waals surface area contributed by atoms with Gasteiger partial charge in [0.15, 0.2) is 5.78 Å². The minimum absolute atomic E-state index is 0.0713. The Balaban J connectivity index is 2.32. The number of hydrogen-bond donors (Lipinski definition) is 0. The smallest absolute Gasteiger partial charge is 0.270 e. The minimum Gasteiger partial charge on any atom is -0.289 e. The van der Waals surface area contributed by atoms with E-state index in [4.69, 9.17) is 0 Å². The molecule has 0 spiro atoms. The topological polar surface area (TPSA) is 103 Å². The fourth-order valence-corrected chi connectivity index (χ4v) is 2.00. The van der Waals surface area contributed by atoms with Gasteiger partial charge in [0.05, 0.1) is 9.85 Å². The van der Waals surface area contributed by atoms with Crippen LogP contribution in [0.15, 0.2) is 54.6 Å². The Bertz CT molecular complexity index is 827. The number of allylic oxidation sites excluding steroid dienone is 2. The second-order valence-corrected chi connectivity index (χ2v) is 4.81. The second kappa shape index (κ2) is 6.61. The number of ketones is 1. The van der Waals surface area contributed by atoms with Crippen molar-refractivity contribution in [3.8, 4) is 0 Å². The van der Waals surface area contributed by atoms with Crippen molar-refractivity contribution in [2.24, 2.45) is 0 Å². The first-order valence-electron chi connectivity index (χ1n) is 6.60. The van der Waals surface area contributed by atoms with Gasteiger partial charge in [-0.2, -0.15) is 0 Å². The second-order valence-electron chi connectivity index (χ2n) is 4.81. The van der Waals surface area contributed by atoms with E-state index in [2.05, 4.69) is 0 Å². The fourth-order valence-electron chi connectivity index (χ4n) is 2.00. The van der Waals surface area contributed by atoms with E-state index >= 15 is 0 Å². The number of carbonyl (C=O) groups excluding carboxylic acids is 1. The molecule has 0 unspecified atom stereocenters. The van der Waals surface area contributed by atoms with Crippen molar-refractivity contribution in [2.75, 3.05) is 0 Å². The van der Waals surface area contributed by atoms with E-state index < -0.39 is 15.6 Å². The predicted molar refractivity (Wildman–Crippen MR) is 84.2 cm³/mol. The van der Waals surface area contributed by atoms with Gasteiger partial charge in [-0.3, -0.25) is 25.0 Å². The molecular weight excluding hydrogens is 300 g/mol. The average molecular weight is 312 g/mol. The van der Waals surface area contributed by atoms with E-state index in [-0.39, 0.29) is 16.9 Å². The Labute approximate surface area is 131 Å². The van der Waals surface area contributed by atoms with Gasteiger partial charge in [-0.1, -0.05) is 24.3 Å². The molecule has 7 nitrogen and oxygen atoms in total. The van der Waals surface area contributed by atoms with Gasteiger partial charge >= 0.3 is 0 Å². The molecule has 0 aliphatic heterocycles. The molecule has 116 valence electrons. The van der Waals surface area contributed by atoms with Crippen LogP contribution in [0.4, 0.5) is 11.4 Å². The van der Waals surface area contributed by atoms with E-state index in [9.17, 15) is 25.0 Å². The van der Waals surface area contributed by atoms with Gasteiger partial charge in [0.25, 0.3) is 11.4 Å². The largest absolute Gasteiger partial charge is 0.289 e. The summed E-state index contributed by atoms with van der Waals surface area (Å²) >= 11 is 0. The third kappa shape index (κ3) is 3.85. The number of nitro groups is 2. The summed E-state index contributed by atoms with van der Waals surface area (Å²) in [7, 11) is 0. The maximum atomic E-state index is 12.2. The fraction of sp³-hybridized carbons (Fsp3) is 0.0625. The van der Waals surface area contributed by atoms with E-state index in [1.54, 1.807) is 13.0 Å². The van der Waals surface area contributed by atoms with Crippen LogP contribution in [-0.2, 0) is 0 Å². The minimum atomic E-state index is -0.575. The highest BCUT2D eigenvalue weighted by Gasteiger charge is 2.11. The molecule has 7 heteroatoms. The van der Waals surface area contributed by atoms with Gasteiger partial charge in [-0.15, -0.1) is 0 Å². The molecule has 2 aromatic carbocycles. The molecule has 0 aromatic heterocycles. The molecule has 2 aromatic rings. The van der Waals surface area contributed by atoms with Crippen molar-refractivity contribution < 1.29 is 14.6 Å². The van der Waals surface area contributed by atoms with Crippen molar-refractivity contribution in [1.82, 2.24) is 0 Å². The molecule has 0 fully saturated rings. The highest BCUT2D eigenvalue weighted by Crippen LogP contribution is 2.21. The molecule has 23 heavy (non-hydrogen) atoms. The molecule has 0 aliphatic carbocycles. The zero-order valence-corrected chi connectivity index (χ0v) is 12.1. The summed E-state index contributed by atoms with van der Waals surface area (Å²) in [6, 6.07) is 11.3. The van der Waals surface area contributed by atoms with Crippen LogP contribution in [0.25, 0.3) is 5.57 Å². The summed E-state index contributed by atoms with van der Waals surface area (Å²) in [5.41, 5.74) is 1.02. The number of hydrogen-bond acceptors (Lipinski definition) is 5. The van der Waals surface area contributed by atoms with Crippen LogP contribution in [-0.4, -0.2) is 15.6 Å². The monoisotopic (exact) mass is 312 g/mol. The van der Waals surface area contributed by atoms with Gasteiger partial charge in [0.2, 0.25) is 0 Å². The van der Waals surface area contributed by atoms with E-state index in [0.29, 0.717) is 11.1 Å². The lowest BCUT2D eigenvalue weighted by Crippen LogP contribution is -1.98. The van der Waals surface area contributed by atoms with Crippen LogP contribution < -0.4 is 0 Å². The molecule has 0 saturated heterocycles. The third-order valence-corrected chi connectivity index (χ3v) is 3.20. The summed E-state index contributed by atoms with van der Waals surface area (Å²) in [5.74, 6) is -0.405. The predicted octanol–water partition coefficient (Wildman–Crippen LogP) is 3.79. The molecule has 0 bridgehead atoms. The number of non-ortho nitro benzene ring substituents is 2. The summed E-state index contributed by atoms with van der Waals surface area (Å²) in [4.78, 5) is 32.6. The summed E-state index contributed by atoms with van der Waals surface area (Å²) in [6.07, 6.45) is 1.30. The lowest BCUT2D eigenvalue weighted by molar-refractivity contribution is -0.385. The van der Waals surface area contributed by atoms with Gasteiger partial charge in [-0.05, 0) is 24.1 Å². The lowest BCUT2D eigenvalue weighted by Gasteiger charge is -2.02. The van der Waals surface area contributed by atoms with E-state index in [0.717, 1.165) is 0 Å². The van der Waals surface area contributed by atoms with Crippen LogP contribution in [0.5, 0.6) is 0 Å². The summed E-state index contributed by atoms with van der Waals surface area (Å²) in [5, 5.41) is 21.5. The molecular formula is C16H12N2O5. The van der Waals surface area contributed by atoms with Crippen molar-refractivity contribution in [2.45, 2.75) is 6.92 Å². The SMILES string of the molecule is CC(=CC(=O)c1cccc([N+](=O)[O-])c1)c1cccc([N+](=O)[O-])c1. The van der Waals surface area contributed by atoms with Crippen LogP contribution in [0.2, 0.25) is 0 Å². The van der Waals surface area contributed by atoms with Crippen molar-refractivity contribution in [3.63, 3.8) is 0 Å². The highest BCUT2D eigenvalue weighted by atomic mass is 16.6. The third-order valence-electron chi connectivity index (χ3n) is 3.20. The maximum absolute atomic E-state index is 12.2. The average Bonchev–Trinajstić information content (AvgIpc) is 2.54. The molecule has 0 amide bonds. The van der Waals surface area contributed by atoms with Gasteiger partial charge in [-0.25, -0.2) is 0 Å². The number of benzene rings is 2. The van der Waals surface area contributed by atoms with Gasteiger partial charge in [0, 0.05) is 29.8 Å².